The Bertz CT molecular complexity index is 433. The molecule has 0 aliphatic carbocycles. The first-order valence-corrected chi connectivity index (χ1v) is 4.97. The molecule has 1 aromatic heterocycles. The Morgan fingerprint density at radius 2 is 1.93 bits per heavy atom. The molecule has 78 valence electrons. The number of H-pyrrole nitrogens is 1. The number of nitrogens with one attached hydrogen (secondary N) is 1. The average Bonchev–Trinajstić information content (AvgIpc) is 2.18. The van der Waals surface area contributed by atoms with E-state index in [0.29, 0.717) is 30.0 Å². The van der Waals surface area contributed by atoms with Crippen LogP contribution >= 0.6 is 11.6 Å². The molecule has 0 amide bonds. The third-order valence-corrected chi connectivity index (χ3v) is 2.49. The van der Waals surface area contributed by atoms with Crippen LogP contribution in [0.4, 0.5) is 0 Å². The van der Waals surface area contributed by atoms with Crippen LogP contribution in [0.3, 0.4) is 0 Å². The third kappa shape index (κ3) is 2.07. The van der Waals surface area contributed by atoms with Crippen molar-refractivity contribution in [1.29, 1.82) is 0 Å². The van der Waals surface area contributed by atoms with Crippen molar-refractivity contribution in [2.24, 2.45) is 0 Å². The number of rotatable bonds is 3. The van der Waals surface area contributed by atoms with Gasteiger partial charge in [0.2, 0.25) is 0 Å². The van der Waals surface area contributed by atoms with Crippen molar-refractivity contribution in [2.45, 2.75) is 26.8 Å². The first-order valence-electron chi connectivity index (χ1n) is 4.44. The predicted molar refractivity (Wildman–Crippen MR) is 56.1 cm³/mol. The molecule has 0 aliphatic heterocycles. The predicted octanol–water partition coefficient (Wildman–Crippen LogP) is 0.782. The van der Waals surface area contributed by atoms with Gasteiger partial charge in [-0.15, -0.1) is 11.6 Å². The number of halogens is 1. The lowest BCUT2D eigenvalue weighted by molar-refractivity contribution is 0.555. The number of hydrogen-bond donors (Lipinski definition) is 1. The normalized spacial score (nSPS) is 10.5. The number of nitrogens with zero attached hydrogens (tertiary/aromatic N) is 1. The van der Waals surface area contributed by atoms with E-state index >= 15 is 0 Å². The molecule has 0 fully saturated rings. The molecule has 0 saturated carbocycles. The molecule has 0 spiro atoms. The van der Waals surface area contributed by atoms with Gasteiger partial charge in [-0.2, -0.15) is 0 Å². The van der Waals surface area contributed by atoms with Gasteiger partial charge < -0.3 is 0 Å². The van der Waals surface area contributed by atoms with E-state index in [2.05, 4.69) is 5.10 Å². The number of alkyl halides is 1. The van der Waals surface area contributed by atoms with E-state index < -0.39 is 0 Å². The first-order chi connectivity index (χ1) is 6.57. The van der Waals surface area contributed by atoms with Gasteiger partial charge in [0.25, 0.3) is 11.1 Å². The summed E-state index contributed by atoms with van der Waals surface area (Å²) in [5.74, 6) is 0.474. The third-order valence-electron chi connectivity index (χ3n) is 2.22. The lowest BCUT2D eigenvalue weighted by atomic mass is 10.2. The monoisotopic (exact) mass is 216 g/mol. The van der Waals surface area contributed by atoms with Crippen molar-refractivity contribution in [3.63, 3.8) is 0 Å². The summed E-state index contributed by atoms with van der Waals surface area (Å²) in [6.07, 6.45) is 0.667. The molecule has 0 aliphatic rings. The summed E-state index contributed by atoms with van der Waals surface area (Å²) in [5.41, 5.74) is 0.629. The van der Waals surface area contributed by atoms with Crippen LogP contribution in [0.25, 0.3) is 0 Å². The van der Waals surface area contributed by atoms with E-state index in [9.17, 15) is 9.59 Å². The van der Waals surface area contributed by atoms with Crippen molar-refractivity contribution in [1.82, 2.24) is 9.78 Å². The summed E-state index contributed by atoms with van der Waals surface area (Å²) in [6.45, 7) is 3.75. The molecule has 4 nitrogen and oxygen atoms in total. The van der Waals surface area contributed by atoms with Gasteiger partial charge >= 0.3 is 0 Å². The molecule has 0 bridgehead atoms. The molecular weight excluding hydrogens is 204 g/mol. The van der Waals surface area contributed by atoms with E-state index in [0.717, 1.165) is 0 Å². The van der Waals surface area contributed by atoms with Crippen molar-refractivity contribution in [2.75, 3.05) is 5.88 Å². The smallest absolute Gasteiger partial charge is 0.268 e. The molecule has 1 rings (SSSR count). The number of aromatic nitrogens is 2. The second-order valence-corrected chi connectivity index (χ2v) is 3.57. The minimum atomic E-state index is -0.211. The highest BCUT2D eigenvalue weighted by atomic mass is 35.5. The van der Waals surface area contributed by atoms with Crippen LogP contribution in [0.5, 0.6) is 0 Å². The highest BCUT2D eigenvalue weighted by molar-refractivity contribution is 6.17. The van der Waals surface area contributed by atoms with Gasteiger partial charge in [-0.1, -0.05) is 0 Å². The van der Waals surface area contributed by atoms with Gasteiger partial charge in [-0.3, -0.25) is 14.7 Å². The Morgan fingerprint density at radius 1 is 1.29 bits per heavy atom. The molecule has 1 aromatic rings. The lowest BCUT2D eigenvalue weighted by Crippen LogP contribution is -2.33. The van der Waals surface area contributed by atoms with E-state index in [1.807, 2.05) is 0 Å². The van der Waals surface area contributed by atoms with E-state index in [1.165, 1.54) is 4.68 Å². The Kier molecular flexibility index (Phi) is 3.52. The summed E-state index contributed by atoms with van der Waals surface area (Å²) >= 11 is 5.51. The molecule has 0 radical (unpaired) electrons. The molecule has 0 unspecified atom stereocenters. The number of aromatic amines is 1. The van der Waals surface area contributed by atoms with Crippen LogP contribution in [0.1, 0.15) is 17.5 Å². The highest BCUT2D eigenvalue weighted by Gasteiger charge is 2.05. The Hall–Kier alpha value is -1.03. The fourth-order valence-corrected chi connectivity index (χ4v) is 1.29. The van der Waals surface area contributed by atoms with Gasteiger partial charge in [0, 0.05) is 23.6 Å². The number of aryl methyl sites for hydroxylation is 1. The molecule has 5 heteroatoms. The fraction of sp³-hybridized carbons (Fsp3) is 0.556. The number of hydrogen-bond acceptors (Lipinski definition) is 2. The molecule has 1 N–H and O–H groups in total. The summed E-state index contributed by atoms with van der Waals surface area (Å²) < 4.78 is 1.31. The van der Waals surface area contributed by atoms with Crippen molar-refractivity contribution in [3.05, 3.63) is 31.8 Å². The molecule has 0 aromatic carbocycles. The molecule has 0 atom stereocenters. The summed E-state index contributed by atoms with van der Waals surface area (Å²) in [7, 11) is 0. The van der Waals surface area contributed by atoms with Crippen molar-refractivity contribution < 1.29 is 0 Å². The summed E-state index contributed by atoms with van der Waals surface area (Å²) in [5, 5.41) is 2.51. The second-order valence-electron chi connectivity index (χ2n) is 3.19. The Morgan fingerprint density at radius 3 is 2.50 bits per heavy atom. The molecule has 1 heterocycles. The minimum Gasteiger partial charge on any atom is -0.268 e. The van der Waals surface area contributed by atoms with E-state index in [4.69, 9.17) is 11.6 Å². The highest BCUT2D eigenvalue weighted by Crippen LogP contribution is 1.92. The second kappa shape index (κ2) is 4.46. The maximum Gasteiger partial charge on any atom is 0.268 e. The Labute approximate surface area is 86.5 Å². The zero-order valence-electron chi connectivity index (χ0n) is 8.26. The molecule has 0 saturated heterocycles. The van der Waals surface area contributed by atoms with Crippen LogP contribution in [0, 0.1) is 13.8 Å². The van der Waals surface area contributed by atoms with Gasteiger partial charge in [0.05, 0.1) is 0 Å². The van der Waals surface area contributed by atoms with Crippen LogP contribution in [-0.4, -0.2) is 15.7 Å². The zero-order valence-corrected chi connectivity index (χ0v) is 9.02. The topological polar surface area (TPSA) is 54.9 Å². The fourth-order valence-electron chi connectivity index (χ4n) is 1.17. The summed E-state index contributed by atoms with van der Waals surface area (Å²) in [4.78, 5) is 22.9. The largest absolute Gasteiger partial charge is 0.268 e. The maximum atomic E-state index is 11.6. The van der Waals surface area contributed by atoms with Gasteiger partial charge in [-0.05, 0) is 20.3 Å². The maximum absolute atomic E-state index is 11.6. The van der Waals surface area contributed by atoms with Crippen LogP contribution in [0.15, 0.2) is 9.59 Å². The van der Waals surface area contributed by atoms with Gasteiger partial charge in [0.15, 0.2) is 0 Å². The van der Waals surface area contributed by atoms with E-state index in [-0.39, 0.29) is 11.1 Å². The van der Waals surface area contributed by atoms with Crippen molar-refractivity contribution >= 4 is 11.6 Å². The van der Waals surface area contributed by atoms with Crippen LogP contribution in [-0.2, 0) is 6.54 Å². The van der Waals surface area contributed by atoms with Gasteiger partial charge in [-0.25, -0.2) is 4.68 Å². The van der Waals surface area contributed by atoms with Crippen LogP contribution in [0.2, 0.25) is 0 Å². The van der Waals surface area contributed by atoms with Gasteiger partial charge in [0.1, 0.15) is 0 Å². The zero-order chi connectivity index (χ0) is 10.7. The van der Waals surface area contributed by atoms with E-state index in [1.54, 1.807) is 13.8 Å². The lowest BCUT2D eigenvalue weighted by Gasteiger charge is -2.06. The standard InChI is InChI=1S/C9H13ClN2O2/c1-6-7(2)9(14)12(5-3-4-10)11-8(6)13/h3-5H2,1-2H3,(H,11,13). The SMILES string of the molecule is Cc1c(C)c(=O)n(CCCCl)[nH]c1=O. The Balaban J connectivity index is 3.20. The first kappa shape index (κ1) is 11.0. The molecular formula is C9H13ClN2O2. The quantitative estimate of drug-likeness (QED) is 0.760. The van der Waals surface area contributed by atoms with Crippen molar-refractivity contribution in [3.8, 4) is 0 Å². The summed E-state index contributed by atoms with van der Waals surface area (Å²) in [6, 6.07) is 0. The average molecular weight is 217 g/mol. The minimum absolute atomic E-state index is 0.146. The van der Waals surface area contributed by atoms with Crippen LogP contribution < -0.4 is 11.1 Å². The molecule has 14 heavy (non-hydrogen) atoms.